The highest BCUT2D eigenvalue weighted by Gasteiger charge is 2.31. The molecule has 1 fully saturated rings. The number of furan rings is 1. The number of carbonyl (C=O) groups is 3. The summed E-state index contributed by atoms with van der Waals surface area (Å²) in [7, 11) is -4.12. The Balaban J connectivity index is 1.30. The van der Waals surface area contributed by atoms with Gasteiger partial charge in [-0.15, -0.1) is 0 Å². The summed E-state index contributed by atoms with van der Waals surface area (Å²) >= 11 is 0. The molecule has 0 bridgehead atoms. The van der Waals surface area contributed by atoms with Gasteiger partial charge in [0.25, 0.3) is 15.9 Å². The van der Waals surface area contributed by atoms with Crippen molar-refractivity contribution in [1.29, 1.82) is 0 Å². The molecule has 50 heavy (non-hydrogen) atoms. The highest BCUT2D eigenvalue weighted by Crippen LogP contribution is 2.36. The largest absolute Gasteiger partial charge is 0.460 e. The Morgan fingerprint density at radius 1 is 0.840 bits per heavy atom. The van der Waals surface area contributed by atoms with Crippen molar-refractivity contribution in [3.05, 3.63) is 125 Å². The van der Waals surface area contributed by atoms with E-state index >= 15 is 0 Å². The molecule has 10 nitrogen and oxygen atoms in total. The average Bonchev–Trinajstić information content (AvgIpc) is 3.47. The third kappa shape index (κ3) is 7.00. The molecular formula is C39H39N3O7S. The zero-order valence-corrected chi connectivity index (χ0v) is 29.1. The summed E-state index contributed by atoms with van der Waals surface area (Å²) in [6.07, 6.45) is 0.471. The highest BCUT2D eigenvalue weighted by atomic mass is 32.2. The van der Waals surface area contributed by atoms with Gasteiger partial charge in [-0.2, -0.15) is 0 Å². The van der Waals surface area contributed by atoms with Crippen LogP contribution in [0.5, 0.6) is 0 Å². The van der Waals surface area contributed by atoms with E-state index < -0.39 is 16.0 Å². The summed E-state index contributed by atoms with van der Waals surface area (Å²) in [5.74, 6) is -0.724. The molecule has 1 amide bonds. The van der Waals surface area contributed by atoms with Gasteiger partial charge in [0.15, 0.2) is 5.78 Å². The molecule has 2 heterocycles. The van der Waals surface area contributed by atoms with E-state index in [0.29, 0.717) is 65.9 Å². The fraction of sp³-hybridized carbons (Fsp3) is 0.256. The van der Waals surface area contributed by atoms with Crippen molar-refractivity contribution in [1.82, 2.24) is 4.90 Å². The molecular weight excluding hydrogens is 655 g/mol. The summed E-state index contributed by atoms with van der Waals surface area (Å²) in [5.41, 5.74) is 4.23. The monoisotopic (exact) mass is 693 g/mol. The number of para-hydroxylation sites is 2. The number of nitrogens with zero attached hydrogens (tertiary/aromatic N) is 3. The minimum atomic E-state index is -4.12. The Labute approximate surface area is 291 Å². The standard InChI is InChI=1S/C39H39N3O7S/c1-4-48-39(45)37-27(2)33-26-32(18-19-36(33)49-37)50(46,47)42(21-20-29-10-6-5-7-11-29)35-13-9-8-12-34(35)40-22-24-41(25-23-40)38(44)31-16-14-30(15-17-31)28(3)43/h5-19,26H,4,20-25H2,1-3H3. The van der Waals surface area contributed by atoms with Crippen molar-refractivity contribution in [2.24, 2.45) is 0 Å². The summed E-state index contributed by atoms with van der Waals surface area (Å²) < 4.78 is 41.7. The maximum Gasteiger partial charge on any atom is 0.374 e. The Bertz CT molecular complexity index is 2140. The van der Waals surface area contributed by atoms with E-state index in [-0.39, 0.29) is 35.5 Å². The van der Waals surface area contributed by atoms with Crippen LogP contribution in [0.1, 0.15) is 56.2 Å². The second-order valence-electron chi connectivity index (χ2n) is 12.1. The number of rotatable bonds is 11. The lowest BCUT2D eigenvalue weighted by Gasteiger charge is -2.38. The van der Waals surface area contributed by atoms with Crippen LogP contribution in [0, 0.1) is 6.92 Å². The van der Waals surface area contributed by atoms with Gasteiger partial charge in [0.1, 0.15) is 5.58 Å². The van der Waals surface area contributed by atoms with Crippen LogP contribution in [-0.2, 0) is 21.2 Å². The molecule has 0 aliphatic carbocycles. The quantitative estimate of drug-likeness (QED) is 0.113. The van der Waals surface area contributed by atoms with E-state index in [4.69, 9.17) is 9.15 Å². The zero-order valence-electron chi connectivity index (χ0n) is 28.3. The second kappa shape index (κ2) is 14.6. The molecule has 0 N–H and O–H groups in total. The summed E-state index contributed by atoms with van der Waals surface area (Å²) in [6.45, 7) is 7.15. The van der Waals surface area contributed by atoms with Gasteiger partial charge in [0, 0.05) is 54.8 Å². The number of anilines is 2. The number of hydrogen-bond donors (Lipinski definition) is 0. The Morgan fingerprint density at radius 3 is 2.18 bits per heavy atom. The number of amides is 1. The molecule has 0 saturated carbocycles. The fourth-order valence-corrected chi connectivity index (χ4v) is 7.75. The molecule has 1 aromatic heterocycles. The number of sulfonamides is 1. The minimum Gasteiger partial charge on any atom is -0.460 e. The Morgan fingerprint density at radius 2 is 1.50 bits per heavy atom. The van der Waals surface area contributed by atoms with Crippen LogP contribution >= 0.6 is 0 Å². The van der Waals surface area contributed by atoms with Crippen LogP contribution in [0.25, 0.3) is 11.0 Å². The number of ketones is 1. The van der Waals surface area contributed by atoms with Crippen molar-refractivity contribution in [2.75, 3.05) is 48.5 Å². The average molecular weight is 694 g/mol. The maximum absolute atomic E-state index is 14.7. The van der Waals surface area contributed by atoms with E-state index in [2.05, 4.69) is 4.90 Å². The maximum atomic E-state index is 14.7. The molecule has 4 aromatic carbocycles. The van der Waals surface area contributed by atoms with Crippen LogP contribution in [0.4, 0.5) is 11.4 Å². The molecule has 258 valence electrons. The van der Waals surface area contributed by atoms with Gasteiger partial charge in [-0.1, -0.05) is 54.6 Å². The van der Waals surface area contributed by atoms with Gasteiger partial charge >= 0.3 is 5.97 Å². The van der Waals surface area contributed by atoms with Gasteiger partial charge in [0.05, 0.1) is 22.9 Å². The van der Waals surface area contributed by atoms with E-state index in [0.717, 1.165) is 11.3 Å². The molecule has 0 radical (unpaired) electrons. The predicted octanol–water partition coefficient (Wildman–Crippen LogP) is 6.52. The first kappa shape index (κ1) is 34.4. The van der Waals surface area contributed by atoms with Gasteiger partial charge < -0.3 is 19.0 Å². The van der Waals surface area contributed by atoms with Crippen molar-refractivity contribution in [3.63, 3.8) is 0 Å². The zero-order chi connectivity index (χ0) is 35.4. The van der Waals surface area contributed by atoms with Crippen molar-refractivity contribution in [2.45, 2.75) is 32.1 Å². The van der Waals surface area contributed by atoms with Crippen LogP contribution in [0.2, 0.25) is 0 Å². The number of aryl methyl sites for hydroxylation is 1. The van der Waals surface area contributed by atoms with Crippen LogP contribution < -0.4 is 9.21 Å². The first-order valence-electron chi connectivity index (χ1n) is 16.6. The number of benzene rings is 4. The van der Waals surface area contributed by atoms with Crippen molar-refractivity contribution < 1.29 is 32.0 Å². The van der Waals surface area contributed by atoms with E-state index in [1.165, 1.54) is 17.3 Å². The van der Waals surface area contributed by atoms with E-state index in [9.17, 15) is 22.8 Å². The SMILES string of the molecule is CCOC(=O)c1oc2ccc(S(=O)(=O)N(CCc3ccccc3)c3ccccc3N3CCN(C(=O)c4ccc(C(C)=O)cc4)CC3)cc2c1C. The van der Waals surface area contributed by atoms with Gasteiger partial charge in [-0.25, -0.2) is 13.2 Å². The lowest BCUT2D eigenvalue weighted by atomic mass is 10.1. The number of fused-ring (bicyclic) bond motifs is 1. The first-order valence-corrected chi connectivity index (χ1v) is 18.0. The van der Waals surface area contributed by atoms with Gasteiger partial charge in [-0.05, 0) is 75.2 Å². The van der Waals surface area contributed by atoms with Crippen LogP contribution in [0.3, 0.4) is 0 Å². The normalized spacial score (nSPS) is 13.3. The number of esters is 1. The number of hydrogen-bond acceptors (Lipinski definition) is 8. The lowest BCUT2D eigenvalue weighted by Crippen LogP contribution is -2.49. The number of ether oxygens (including phenoxy) is 1. The third-order valence-corrected chi connectivity index (χ3v) is 10.8. The predicted molar refractivity (Wildman–Crippen MR) is 193 cm³/mol. The molecule has 1 aliphatic rings. The molecule has 6 rings (SSSR count). The fourth-order valence-electron chi connectivity index (χ4n) is 6.25. The highest BCUT2D eigenvalue weighted by molar-refractivity contribution is 7.92. The third-order valence-electron chi connectivity index (χ3n) is 9.00. The Kier molecular flexibility index (Phi) is 10.1. The lowest BCUT2D eigenvalue weighted by molar-refractivity contribution is 0.0491. The molecule has 0 unspecified atom stereocenters. The van der Waals surface area contributed by atoms with Crippen LogP contribution in [-0.4, -0.2) is 70.3 Å². The number of piperazine rings is 1. The molecule has 0 spiro atoms. The molecule has 0 atom stereocenters. The molecule has 11 heteroatoms. The summed E-state index contributed by atoms with van der Waals surface area (Å²) in [5, 5.41) is 0.516. The van der Waals surface area contributed by atoms with Crippen molar-refractivity contribution >= 4 is 50.0 Å². The van der Waals surface area contributed by atoms with E-state index in [1.807, 2.05) is 54.6 Å². The van der Waals surface area contributed by atoms with Crippen molar-refractivity contribution in [3.8, 4) is 0 Å². The molecule has 5 aromatic rings. The van der Waals surface area contributed by atoms with E-state index in [1.54, 1.807) is 55.1 Å². The molecule has 1 saturated heterocycles. The summed E-state index contributed by atoms with van der Waals surface area (Å²) in [6, 6.07) is 28.5. The summed E-state index contributed by atoms with van der Waals surface area (Å²) in [4.78, 5) is 41.4. The minimum absolute atomic E-state index is 0.0494. The number of carbonyl (C=O) groups excluding carboxylic acids is 3. The number of Topliss-reactive ketones (excluding diaryl/α,β-unsaturated/α-hetero) is 1. The van der Waals surface area contributed by atoms with Gasteiger partial charge in [-0.3, -0.25) is 13.9 Å². The second-order valence-corrected chi connectivity index (χ2v) is 14.0. The smallest absolute Gasteiger partial charge is 0.374 e. The Hall–Kier alpha value is -5.42. The van der Waals surface area contributed by atoms with Gasteiger partial charge in [0.2, 0.25) is 5.76 Å². The first-order chi connectivity index (χ1) is 24.1. The molecule has 1 aliphatic heterocycles. The topological polar surface area (TPSA) is 117 Å². The van der Waals surface area contributed by atoms with Crippen LogP contribution in [0.15, 0.2) is 106 Å².